The second-order valence-electron chi connectivity index (χ2n) is 5.06. The molecule has 0 unspecified atom stereocenters. The molecular formula is C15H23FN2O2. The maximum absolute atomic E-state index is 13.9. The SMILES string of the molecule is COc1ccc([C@@H](CCCO)N2CCNCC2)cc1F. The van der Waals surface area contributed by atoms with Crippen molar-refractivity contribution >= 4 is 0 Å². The highest BCUT2D eigenvalue weighted by molar-refractivity contribution is 5.31. The summed E-state index contributed by atoms with van der Waals surface area (Å²) in [4.78, 5) is 2.35. The van der Waals surface area contributed by atoms with Crippen LogP contribution in [0, 0.1) is 5.82 Å². The van der Waals surface area contributed by atoms with Crippen molar-refractivity contribution in [1.29, 1.82) is 0 Å². The number of nitrogens with zero attached hydrogens (tertiary/aromatic N) is 1. The molecule has 20 heavy (non-hydrogen) atoms. The fraction of sp³-hybridized carbons (Fsp3) is 0.600. The maximum Gasteiger partial charge on any atom is 0.165 e. The van der Waals surface area contributed by atoms with E-state index in [1.54, 1.807) is 12.1 Å². The molecular weight excluding hydrogens is 259 g/mol. The number of methoxy groups -OCH3 is 1. The largest absolute Gasteiger partial charge is 0.494 e. The van der Waals surface area contributed by atoms with Crippen molar-refractivity contribution in [2.24, 2.45) is 0 Å². The van der Waals surface area contributed by atoms with Crippen LogP contribution >= 0.6 is 0 Å². The zero-order chi connectivity index (χ0) is 14.4. The van der Waals surface area contributed by atoms with E-state index in [2.05, 4.69) is 10.2 Å². The van der Waals surface area contributed by atoms with Crippen molar-refractivity contribution in [3.63, 3.8) is 0 Å². The third kappa shape index (κ3) is 3.69. The first-order valence-electron chi connectivity index (χ1n) is 7.15. The van der Waals surface area contributed by atoms with Crippen LogP contribution in [0.3, 0.4) is 0 Å². The van der Waals surface area contributed by atoms with Gasteiger partial charge in [0, 0.05) is 38.8 Å². The van der Waals surface area contributed by atoms with Crippen LogP contribution in [0.5, 0.6) is 5.75 Å². The molecule has 2 rings (SSSR count). The van der Waals surface area contributed by atoms with Crippen molar-refractivity contribution in [2.45, 2.75) is 18.9 Å². The smallest absolute Gasteiger partial charge is 0.165 e. The Morgan fingerprint density at radius 2 is 2.15 bits per heavy atom. The van der Waals surface area contributed by atoms with E-state index in [1.807, 2.05) is 6.07 Å². The summed E-state index contributed by atoms with van der Waals surface area (Å²) in [7, 11) is 1.47. The second kappa shape index (κ2) is 7.57. The fourth-order valence-electron chi connectivity index (χ4n) is 2.73. The lowest BCUT2D eigenvalue weighted by atomic mass is 9.99. The van der Waals surface area contributed by atoms with Crippen molar-refractivity contribution < 1.29 is 14.2 Å². The van der Waals surface area contributed by atoms with Gasteiger partial charge in [-0.05, 0) is 30.5 Å². The standard InChI is InChI=1S/C15H23FN2O2/c1-20-15-5-4-12(11-13(15)16)14(3-2-10-19)18-8-6-17-7-9-18/h4-5,11,14,17,19H,2-3,6-10H2,1H3/t14-/m1/s1. The number of benzene rings is 1. The lowest BCUT2D eigenvalue weighted by Crippen LogP contribution is -2.45. The van der Waals surface area contributed by atoms with Crippen LogP contribution in [-0.4, -0.2) is 49.9 Å². The molecule has 1 saturated heterocycles. The van der Waals surface area contributed by atoms with E-state index in [4.69, 9.17) is 9.84 Å². The van der Waals surface area contributed by atoms with E-state index in [0.717, 1.165) is 44.6 Å². The maximum atomic E-state index is 13.9. The molecule has 112 valence electrons. The summed E-state index contributed by atoms with van der Waals surface area (Å²) >= 11 is 0. The van der Waals surface area contributed by atoms with Gasteiger partial charge in [-0.25, -0.2) is 4.39 Å². The van der Waals surface area contributed by atoms with Gasteiger partial charge in [-0.3, -0.25) is 4.90 Å². The molecule has 2 N–H and O–H groups in total. The van der Waals surface area contributed by atoms with E-state index < -0.39 is 0 Å². The number of rotatable bonds is 6. The minimum absolute atomic E-state index is 0.157. The predicted octanol–water partition coefficient (Wildman–Crippen LogP) is 1.55. The van der Waals surface area contributed by atoms with E-state index in [0.29, 0.717) is 0 Å². The molecule has 1 aromatic rings. The van der Waals surface area contributed by atoms with E-state index in [9.17, 15) is 4.39 Å². The van der Waals surface area contributed by atoms with Gasteiger partial charge in [-0.15, -0.1) is 0 Å². The summed E-state index contributed by atoms with van der Waals surface area (Å²) in [5, 5.41) is 12.4. The van der Waals surface area contributed by atoms with Gasteiger partial charge in [0.15, 0.2) is 11.6 Å². The molecule has 1 aromatic carbocycles. The minimum Gasteiger partial charge on any atom is -0.494 e. The number of piperazine rings is 1. The van der Waals surface area contributed by atoms with Crippen molar-refractivity contribution in [3.05, 3.63) is 29.6 Å². The van der Waals surface area contributed by atoms with E-state index in [-0.39, 0.29) is 24.2 Å². The van der Waals surface area contributed by atoms with E-state index in [1.165, 1.54) is 7.11 Å². The Hall–Kier alpha value is -1.17. The van der Waals surface area contributed by atoms with Crippen LogP contribution in [0.2, 0.25) is 0 Å². The van der Waals surface area contributed by atoms with Crippen molar-refractivity contribution in [1.82, 2.24) is 10.2 Å². The third-order valence-electron chi connectivity index (χ3n) is 3.79. The highest BCUT2D eigenvalue weighted by Crippen LogP contribution is 2.29. The Morgan fingerprint density at radius 3 is 2.75 bits per heavy atom. The summed E-state index contributed by atoms with van der Waals surface area (Å²) in [6, 6.07) is 5.32. The topological polar surface area (TPSA) is 44.7 Å². The van der Waals surface area contributed by atoms with Gasteiger partial charge >= 0.3 is 0 Å². The Labute approximate surface area is 119 Å². The lowest BCUT2D eigenvalue weighted by molar-refractivity contribution is 0.154. The Kier molecular flexibility index (Phi) is 5.76. The molecule has 1 heterocycles. The molecule has 0 spiro atoms. The molecule has 0 amide bonds. The Morgan fingerprint density at radius 1 is 1.40 bits per heavy atom. The van der Waals surface area contributed by atoms with Crippen LogP contribution in [0.1, 0.15) is 24.4 Å². The fourth-order valence-corrected chi connectivity index (χ4v) is 2.73. The van der Waals surface area contributed by atoms with Crippen LogP contribution in [0.25, 0.3) is 0 Å². The quantitative estimate of drug-likeness (QED) is 0.831. The van der Waals surface area contributed by atoms with Gasteiger partial charge in [-0.2, -0.15) is 0 Å². The number of nitrogens with one attached hydrogen (secondary N) is 1. The number of halogens is 1. The average Bonchev–Trinajstić information content (AvgIpc) is 2.49. The highest BCUT2D eigenvalue weighted by Gasteiger charge is 2.22. The first kappa shape index (κ1) is 15.2. The van der Waals surface area contributed by atoms with Gasteiger partial charge in [0.1, 0.15) is 0 Å². The predicted molar refractivity (Wildman–Crippen MR) is 76.5 cm³/mol. The highest BCUT2D eigenvalue weighted by atomic mass is 19.1. The van der Waals surface area contributed by atoms with Crippen molar-refractivity contribution in [2.75, 3.05) is 39.9 Å². The monoisotopic (exact) mass is 282 g/mol. The van der Waals surface area contributed by atoms with Crippen LogP contribution in [0.15, 0.2) is 18.2 Å². The average molecular weight is 282 g/mol. The van der Waals surface area contributed by atoms with E-state index >= 15 is 0 Å². The van der Waals surface area contributed by atoms with Gasteiger partial charge < -0.3 is 15.2 Å². The molecule has 5 heteroatoms. The van der Waals surface area contributed by atoms with Gasteiger partial charge in [-0.1, -0.05) is 6.07 Å². The summed E-state index contributed by atoms with van der Waals surface area (Å²) in [6.45, 7) is 3.97. The summed E-state index contributed by atoms with van der Waals surface area (Å²) < 4.78 is 18.9. The normalized spacial score (nSPS) is 17.9. The zero-order valence-corrected chi connectivity index (χ0v) is 11.9. The third-order valence-corrected chi connectivity index (χ3v) is 3.79. The molecule has 0 radical (unpaired) electrons. The molecule has 0 bridgehead atoms. The summed E-state index contributed by atoms with van der Waals surface area (Å²) in [5.74, 6) is -0.0518. The van der Waals surface area contributed by atoms with Crippen molar-refractivity contribution in [3.8, 4) is 5.75 Å². The van der Waals surface area contributed by atoms with Gasteiger partial charge in [0.2, 0.25) is 0 Å². The Balaban J connectivity index is 2.18. The minimum atomic E-state index is -0.325. The molecule has 0 aromatic heterocycles. The lowest BCUT2D eigenvalue weighted by Gasteiger charge is -2.35. The zero-order valence-electron chi connectivity index (χ0n) is 11.9. The number of ether oxygens (including phenoxy) is 1. The Bertz CT molecular complexity index is 422. The molecule has 1 aliphatic heterocycles. The summed E-state index contributed by atoms with van der Waals surface area (Å²) in [5.41, 5.74) is 0.957. The van der Waals surface area contributed by atoms with Crippen LogP contribution in [-0.2, 0) is 0 Å². The molecule has 0 saturated carbocycles. The number of hydrogen-bond acceptors (Lipinski definition) is 4. The number of aliphatic hydroxyl groups is 1. The first-order valence-corrected chi connectivity index (χ1v) is 7.15. The molecule has 1 aliphatic rings. The number of hydrogen-bond donors (Lipinski definition) is 2. The summed E-state index contributed by atoms with van der Waals surface area (Å²) in [6.07, 6.45) is 1.56. The second-order valence-corrected chi connectivity index (χ2v) is 5.06. The molecule has 0 aliphatic carbocycles. The van der Waals surface area contributed by atoms with Gasteiger partial charge in [0.25, 0.3) is 0 Å². The molecule has 1 atom stereocenters. The van der Waals surface area contributed by atoms with Gasteiger partial charge in [0.05, 0.1) is 7.11 Å². The van der Waals surface area contributed by atoms with Crippen LogP contribution in [0.4, 0.5) is 4.39 Å². The molecule has 4 nitrogen and oxygen atoms in total. The first-order chi connectivity index (χ1) is 9.76. The number of aliphatic hydroxyl groups excluding tert-OH is 1. The molecule has 1 fully saturated rings. The van der Waals surface area contributed by atoms with Crippen LogP contribution < -0.4 is 10.1 Å².